The van der Waals surface area contributed by atoms with Crippen LogP contribution in [0.25, 0.3) is 21.6 Å². The molecule has 0 spiro atoms. The maximum Gasteiger partial charge on any atom is 0.252 e. The molecule has 3 aliphatic rings. The Balaban J connectivity index is 0.000000193. The van der Waals surface area contributed by atoms with E-state index in [9.17, 15) is 23.4 Å². The van der Waals surface area contributed by atoms with E-state index >= 15 is 0 Å². The number of H-pyrrole nitrogens is 1. The highest BCUT2D eigenvalue weighted by Gasteiger charge is 2.38. The highest BCUT2D eigenvalue weighted by molar-refractivity contribution is 7.81. The first-order chi connectivity index (χ1) is 26.0. The van der Waals surface area contributed by atoms with Crippen LogP contribution in [-0.4, -0.2) is 93.1 Å². The van der Waals surface area contributed by atoms with Crippen molar-refractivity contribution in [3.63, 3.8) is 0 Å². The molecule has 2 aliphatic heterocycles. The van der Waals surface area contributed by atoms with Crippen LogP contribution in [0.2, 0.25) is 0 Å². The Bertz CT molecular complexity index is 1800. The molecular weight excluding hydrogens is 729 g/mol. The van der Waals surface area contributed by atoms with Crippen LogP contribution >= 0.6 is 11.3 Å². The van der Waals surface area contributed by atoms with Gasteiger partial charge in [0, 0.05) is 54.7 Å². The molecule has 1 saturated carbocycles. The molecular formula is C39H56N6O7S2. The van der Waals surface area contributed by atoms with Crippen molar-refractivity contribution < 1.29 is 28.1 Å². The third-order valence-corrected chi connectivity index (χ3v) is 11.5. The smallest absolute Gasteiger partial charge is 0.252 e. The number of hydrogen-bond donors (Lipinski definition) is 3. The number of nitrogens with zero attached hydrogens (tertiary/aromatic N) is 3. The van der Waals surface area contributed by atoms with Gasteiger partial charge in [-0.05, 0) is 89.7 Å². The number of carbonyl (C=O) groups excluding carboxylic acids is 3. The molecule has 6 rings (SSSR count). The van der Waals surface area contributed by atoms with Crippen molar-refractivity contribution in [1.29, 1.82) is 0 Å². The number of aromatic nitrogens is 2. The zero-order valence-corrected chi connectivity index (χ0v) is 33.8. The Morgan fingerprint density at radius 1 is 1.13 bits per heavy atom. The van der Waals surface area contributed by atoms with Gasteiger partial charge in [-0.3, -0.25) is 23.9 Å². The predicted molar refractivity (Wildman–Crippen MR) is 215 cm³/mol. The number of nitrogens with one attached hydrogen (secondary N) is 3. The van der Waals surface area contributed by atoms with Gasteiger partial charge < -0.3 is 24.7 Å². The number of pyridine rings is 1. The van der Waals surface area contributed by atoms with E-state index in [1.165, 1.54) is 0 Å². The highest BCUT2D eigenvalue weighted by Crippen LogP contribution is 2.29. The number of carbonyl (C=O) groups is 3. The average molecular weight is 785 g/mol. The maximum atomic E-state index is 12.5. The van der Waals surface area contributed by atoms with Crippen LogP contribution in [-0.2, 0) is 30.3 Å². The summed E-state index contributed by atoms with van der Waals surface area (Å²) in [5, 5.41) is 6.55. The molecule has 296 valence electrons. The normalized spacial score (nSPS) is 17.9. The van der Waals surface area contributed by atoms with Crippen LogP contribution in [0, 0.1) is 6.92 Å². The number of hydrogen-bond acceptors (Lipinski definition) is 9. The third kappa shape index (κ3) is 12.0. The zero-order valence-electron chi connectivity index (χ0n) is 32.2. The molecule has 3 atom stereocenters. The number of unbranched alkanes of at least 4 members (excludes halogenated alkanes) is 2. The fourth-order valence-electron chi connectivity index (χ4n) is 6.20. The SMILES string of the molecule is C=CCCCCO[C@H](C)C(=O)N1CCCC1C(=O)NC1CC1.COc1ccc2c(=O)cc(-c3nc(C(C)C)cs3)[nH]c2c1C.O=CNS(=O)N1CCCC1. The second kappa shape index (κ2) is 21.2. The summed E-state index contributed by atoms with van der Waals surface area (Å²) in [4.78, 5) is 56.6. The quantitative estimate of drug-likeness (QED) is 0.103. The van der Waals surface area contributed by atoms with Crippen molar-refractivity contribution >= 4 is 51.6 Å². The number of aromatic amines is 1. The molecule has 54 heavy (non-hydrogen) atoms. The van der Waals surface area contributed by atoms with Crippen LogP contribution in [0.3, 0.4) is 0 Å². The molecule has 3 amide bonds. The summed E-state index contributed by atoms with van der Waals surface area (Å²) in [6.45, 7) is 14.5. The standard InChI is InChI=1S/C17H28N2O3.C17H18N2O2S.C5H10N2O2S/c1-3-4-5-6-12-22-13(2)17(21)19-11-7-8-15(19)16(20)18-14-9-10-14;1-9(2)13-8-22-17(19-13)12-7-14(20)11-5-6-15(21-4)10(3)16(11)18-12;8-5-6-10(9)7-3-1-2-4-7/h3,13-15H,1,4-12H2,2H3,(H,18,20);5-9H,1-4H3,(H,18,20);5H,1-4H2,(H,6,8)/t13-,15?;;/m1../s1. The number of allylic oxidation sites excluding steroid dienone is 1. The second-order valence-corrected chi connectivity index (χ2v) is 16.1. The van der Waals surface area contributed by atoms with Gasteiger partial charge in [-0.1, -0.05) is 19.9 Å². The number of fused-ring (bicyclic) bond motifs is 1. The lowest BCUT2D eigenvalue weighted by Gasteiger charge is -2.26. The van der Waals surface area contributed by atoms with E-state index in [0.717, 1.165) is 104 Å². The molecule has 1 aromatic carbocycles. The molecule has 0 bridgehead atoms. The summed E-state index contributed by atoms with van der Waals surface area (Å²) in [7, 11) is 1.63. The molecule has 1 aliphatic carbocycles. The van der Waals surface area contributed by atoms with Crippen molar-refractivity contribution in [2.75, 3.05) is 33.4 Å². The fourth-order valence-corrected chi connectivity index (χ4v) is 7.98. The molecule has 15 heteroatoms. The van der Waals surface area contributed by atoms with E-state index in [-0.39, 0.29) is 23.3 Å². The molecule has 2 unspecified atom stereocenters. The van der Waals surface area contributed by atoms with E-state index in [0.29, 0.717) is 36.9 Å². The number of benzene rings is 1. The summed E-state index contributed by atoms with van der Waals surface area (Å²) < 4.78 is 25.9. The molecule has 2 saturated heterocycles. The van der Waals surface area contributed by atoms with Crippen LogP contribution in [0.4, 0.5) is 0 Å². The number of rotatable bonds is 15. The minimum atomic E-state index is -1.28. The van der Waals surface area contributed by atoms with E-state index < -0.39 is 17.3 Å². The second-order valence-electron chi connectivity index (χ2n) is 14.0. The van der Waals surface area contributed by atoms with Crippen LogP contribution in [0.1, 0.15) is 95.7 Å². The van der Waals surface area contributed by atoms with Crippen molar-refractivity contribution in [3.8, 4) is 16.5 Å². The first kappa shape index (κ1) is 42.8. The summed E-state index contributed by atoms with van der Waals surface area (Å²) in [5.74, 6) is 1.09. The minimum absolute atomic E-state index is 0.00389. The van der Waals surface area contributed by atoms with Gasteiger partial charge in [-0.15, -0.1) is 17.9 Å². The molecule has 0 radical (unpaired) electrons. The van der Waals surface area contributed by atoms with E-state index in [4.69, 9.17) is 9.47 Å². The van der Waals surface area contributed by atoms with Gasteiger partial charge in [0.05, 0.1) is 24.0 Å². The Morgan fingerprint density at radius 2 is 1.87 bits per heavy atom. The van der Waals surface area contributed by atoms with Gasteiger partial charge in [0.1, 0.15) is 22.9 Å². The summed E-state index contributed by atoms with van der Waals surface area (Å²) in [6, 6.07) is 5.28. The Kier molecular flexibility index (Phi) is 16.8. The molecule has 3 N–H and O–H groups in total. The van der Waals surface area contributed by atoms with Gasteiger partial charge in [0.2, 0.25) is 12.3 Å². The molecule has 2 aromatic heterocycles. The Hall–Kier alpha value is -3.92. The number of ether oxygens (including phenoxy) is 2. The third-order valence-electron chi connectivity index (χ3n) is 9.51. The van der Waals surface area contributed by atoms with Gasteiger partial charge in [-0.25, -0.2) is 13.5 Å². The topological polar surface area (TPSA) is 163 Å². The lowest BCUT2D eigenvalue weighted by atomic mass is 10.1. The molecule has 3 aromatic rings. The Labute approximate surface area is 325 Å². The van der Waals surface area contributed by atoms with Crippen molar-refractivity contribution in [3.05, 3.63) is 57.7 Å². The largest absolute Gasteiger partial charge is 0.496 e. The number of aryl methyl sites for hydroxylation is 1. The number of likely N-dealkylation sites (tertiary alicyclic amines) is 1. The van der Waals surface area contributed by atoms with Gasteiger partial charge in [-0.2, -0.15) is 0 Å². The number of amides is 3. The molecule has 13 nitrogen and oxygen atoms in total. The van der Waals surface area contributed by atoms with Crippen LogP contribution in [0.5, 0.6) is 5.75 Å². The summed E-state index contributed by atoms with van der Waals surface area (Å²) in [6.07, 6.45) is 10.7. The van der Waals surface area contributed by atoms with Gasteiger partial charge >= 0.3 is 0 Å². The highest BCUT2D eigenvalue weighted by atomic mass is 32.2. The summed E-state index contributed by atoms with van der Waals surface area (Å²) in [5.41, 5.74) is 3.53. The number of thiazole rings is 1. The number of methoxy groups -OCH3 is 1. The van der Waals surface area contributed by atoms with E-state index in [1.54, 1.807) is 46.7 Å². The van der Waals surface area contributed by atoms with Crippen LogP contribution < -0.4 is 20.2 Å². The minimum Gasteiger partial charge on any atom is -0.496 e. The van der Waals surface area contributed by atoms with Gasteiger partial charge in [0.15, 0.2) is 16.6 Å². The first-order valence-electron chi connectivity index (χ1n) is 18.8. The lowest BCUT2D eigenvalue weighted by Crippen LogP contribution is -2.49. The summed E-state index contributed by atoms with van der Waals surface area (Å²) >= 11 is 0.271. The Morgan fingerprint density at radius 3 is 2.50 bits per heavy atom. The zero-order chi connectivity index (χ0) is 39.2. The molecule has 3 fully saturated rings. The van der Waals surface area contributed by atoms with Gasteiger partial charge in [0.25, 0.3) is 5.91 Å². The molecule has 4 heterocycles. The predicted octanol–water partition coefficient (Wildman–Crippen LogP) is 5.52. The first-order valence-corrected chi connectivity index (χ1v) is 20.8. The fraction of sp³-hybridized carbons (Fsp3) is 0.564. The van der Waals surface area contributed by atoms with Crippen molar-refractivity contribution in [2.24, 2.45) is 0 Å². The van der Waals surface area contributed by atoms with Crippen LogP contribution in [0.15, 0.2) is 41.0 Å². The average Bonchev–Trinajstić information content (AvgIpc) is 3.58. The maximum absolute atomic E-state index is 12.5. The lowest BCUT2D eigenvalue weighted by molar-refractivity contribution is -0.147. The van der Waals surface area contributed by atoms with Crippen molar-refractivity contribution in [1.82, 2.24) is 29.2 Å². The van der Waals surface area contributed by atoms with E-state index in [2.05, 4.69) is 40.4 Å². The van der Waals surface area contributed by atoms with E-state index in [1.807, 2.05) is 24.4 Å². The van der Waals surface area contributed by atoms with Crippen molar-refractivity contribution in [2.45, 2.75) is 110 Å². The monoisotopic (exact) mass is 784 g/mol.